The number of nitrogens with one attached hydrogen (secondary N) is 1. The molecule has 0 radical (unpaired) electrons. The van der Waals surface area contributed by atoms with Gasteiger partial charge in [0.05, 0.1) is 0 Å². The Labute approximate surface area is 116 Å². The van der Waals surface area contributed by atoms with Crippen LogP contribution in [-0.4, -0.2) is 19.6 Å². The van der Waals surface area contributed by atoms with Crippen molar-refractivity contribution in [2.75, 3.05) is 24.5 Å². The Morgan fingerprint density at radius 1 is 1.26 bits per heavy atom. The van der Waals surface area contributed by atoms with E-state index < -0.39 is 0 Å². The summed E-state index contributed by atoms with van der Waals surface area (Å²) in [5, 5.41) is 3.25. The van der Waals surface area contributed by atoms with Crippen molar-refractivity contribution in [2.24, 2.45) is 11.8 Å². The smallest absolute Gasteiger partial charge is 0.125 e. The molecule has 1 heterocycles. The molecule has 19 heavy (non-hydrogen) atoms. The molecule has 1 aliphatic heterocycles. The Morgan fingerprint density at radius 3 is 2.74 bits per heavy atom. The number of piperidine rings is 1. The van der Waals surface area contributed by atoms with Crippen LogP contribution in [0.25, 0.3) is 0 Å². The zero-order valence-corrected chi connectivity index (χ0v) is 12.2. The SMILES string of the molecule is CCNCc1cc(F)cc(N2CCC(C)C(C)C2)c1. The molecule has 0 saturated carbocycles. The summed E-state index contributed by atoms with van der Waals surface area (Å²) < 4.78 is 13.7. The topological polar surface area (TPSA) is 15.3 Å². The third kappa shape index (κ3) is 3.69. The van der Waals surface area contributed by atoms with Gasteiger partial charge in [0.25, 0.3) is 0 Å². The predicted molar refractivity (Wildman–Crippen MR) is 78.9 cm³/mol. The first kappa shape index (κ1) is 14.3. The van der Waals surface area contributed by atoms with Crippen LogP contribution in [-0.2, 0) is 6.54 Å². The van der Waals surface area contributed by atoms with Gasteiger partial charge in [-0.15, -0.1) is 0 Å². The van der Waals surface area contributed by atoms with Crippen molar-refractivity contribution in [2.45, 2.75) is 33.7 Å². The van der Waals surface area contributed by atoms with Gasteiger partial charge in [-0.3, -0.25) is 0 Å². The van der Waals surface area contributed by atoms with Crippen LogP contribution in [0.4, 0.5) is 10.1 Å². The van der Waals surface area contributed by atoms with Gasteiger partial charge in [-0.05, 0) is 48.6 Å². The van der Waals surface area contributed by atoms with Gasteiger partial charge in [0.1, 0.15) is 5.82 Å². The molecule has 2 unspecified atom stereocenters. The average Bonchev–Trinajstić information content (AvgIpc) is 2.39. The molecule has 3 heteroatoms. The van der Waals surface area contributed by atoms with Gasteiger partial charge in [0, 0.05) is 25.3 Å². The van der Waals surface area contributed by atoms with Crippen LogP contribution >= 0.6 is 0 Å². The van der Waals surface area contributed by atoms with Crippen LogP contribution < -0.4 is 10.2 Å². The fourth-order valence-corrected chi connectivity index (χ4v) is 2.68. The Morgan fingerprint density at radius 2 is 2.05 bits per heavy atom. The quantitative estimate of drug-likeness (QED) is 0.896. The highest BCUT2D eigenvalue weighted by Gasteiger charge is 2.23. The summed E-state index contributed by atoms with van der Waals surface area (Å²) >= 11 is 0. The van der Waals surface area contributed by atoms with Crippen LogP contribution in [0, 0.1) is 17.7 Å². The van der Waals surface area contributed by atoms with Gasteiger partial charge in [0.2, 0.25) is 0 Å². The molecule has 106 valence electrons. The second kappa shape index (κ2) is 6.38. The summed E-state index contributed by atoms with van der Waals surface area (Å²) in [6, 6.07) is 5.41. The lowest BCUT2D eigenvalue weighted by molar-refractivity contribution is 0.323. The average molecular weight is 264 g/mol. The second-order valence-corrected chi connectivity index (χ2v) is 5.79. The number of hydrogen-bond donors (Lipinski definition) is 1. The molecular weight excluding hydrogens is 239 g/mol. The first-order valence-electron chi connectivity index (χ1n) is 7.35. The third-order valence-corrected chi connectivity index (χ3v) is 4.22. The van der Waals surface area contributed by atoms with Crippen LogP contribution in [0.15, 0.2) is 18.2 Å². The normalized spacial score (nSPS) is 23.7. The van der Waals surface area contributed by atoms with E-state index in [4.69, 9.17) is 0 Å². The van der Waals surface area contributed by atoms with Gasteiger partial charge in [0.15, 0.2) is 0 Å². The minimum Gasteiger partial charge on any atom is -0.371 e. The predicted octanol–water partition coefficient (Wildman–Crippen LogP) is 3.42. The first-order valence-corrected chi connectivity index (χ1v) is 7.35. The van der Waals surface area contributed by atoms with E-state index >= 15 is 0 Å². The van der Waals surface area contributed by atoms with Crippen molar-refractivity contribution in [3.63, 3.8) is 0 Å². The van der Waals surface area contributed by atoms with Gasteiger partial charge < -0.3 is 10.2 Å². The van der Waals surface area contributed by atoms with Gasteiger partial charge >= 0.3 is 0 Å². The molecule has 0 aromatic heterocycles. The zero-order chi connectivity index (χ0) is 13.8. The minimum absolute atomic E-state index is 0.128. The number of halogens is 1. The van der Waals surface area contributed by atoms with E-state index in [2.05, 4.69) is 37.1 Å². The van der Waals surface area contributed by atoms with Gasteiger partial charge in [-0.1, -0.05) is 20.8 Å². The molecule has 0 spiro atoms. The summed E-state index contributed by atoms with van der Waals surface area (Å²) in [7, 11) is 0. The van der Waals surface area contributed by atoms with E-state index in [1.165, 1.54) is 6.42 Å². The molecule has 1 aliphatic rings. The summed E-state index contributed by atoms with van der Waals surface area (Å²) in [4.78, 5) is 2.32. The van der Waals surface area contributed by atoms with E-state index in [1.54, 1.807) is 12.1 Å². The Balaban J connectivity index is 2.13. The maximum atomic E-state index is 13.7. The van der Waals surface area contributed by atoms with Crippen molar-refractivity contribution < 1.29 is 4.39 Å². The lowest BCUT2D eigenvalue weighted by Crippen LogP contribution is -2.38. The number of benzene rings is 1. The number of anilines is 1. The van der Waals surface area contributed by atoms with E-state index in [1.807, 2.05) is 0 Å². The molecule has 0 bridgehead atoms. The summed E-state index contributed by atoms with van der Waals surface area (Å²) in [5.74, 6) is 1.32. The highest BCUT2D eigenvalue weighted by atomic mass is 19.1. The van der Waals surface area contributed by atoms with Crippen LogP contribution in [0.1, 0.15) is 32.8 Å². The molecule has 2 rings (SSSR count). The molecule has 2 atom stereocenters. The minimum atomic E-state index is -0.128. The Hall–Kier alpha value is -1.09. The Kier molecular flexibility index (Phi) is 4.81. The largest absolute Gasteiger partial charge is 0.371 e. The van der Waals surface area contributed by atoms with Crippen molar-refractivity contribution in [1.82, 2.24) is 5.32 Å². The monoisotopic (exact) mass is 264 g/mol. The molecule has 1 N–H and O–H groups in total. The summed E-state index contributed by atoms with van der Waals surface area (Å²) in [6.45, 7) is 10.4. The van der Waals surface area contributed by atoms with Crippen molar-refractivity contribution in [3.05, 3.63) is 29.6 Å². The lowest BCUT2D eigenvalue weighted by atomic mass is 9.88. The Bertz CT molecular complexity index is 419. The zero-order valence-electron chi connectivity index (χ0n) is 12.2. The molecule has 1 aromatic carbocycles. The molecule has 2 nitrogen and oxygen atoms in total. The summed E-state index contributed by atoms with van der Waals surface area (Å²) in [6.07, 6.45) is 1.19. The standard InChI is InChI=1S/C16H25FN2/c1-4-18-10-14-7-15(17)9-16(8-14)19-6-5-12(2)13(3)11-19/h7-9,12-13,18H,4-6,10-11H2,1-3H3. The fourth-order valence-electron chi connectivity index (χ4n) is 2.68. The van der Waals surface area contributed by atoms with Gasteiger partial charge in [-0.2, -0.15) is 0 Å². The number of hydrogen-bond acceptors (Lipinski definition) is 2. The summed E-state index contributed by atoms with van der Waals surface area (Å²) in [5.41, 5.74) is 2.06. The van der Waals surface area contributed by atoms with E-state index in [9.17, 15) is 4.39 Å². The number of rotatable bonds is 4. The maximum absolute atomic E-state index is 13.7. The fraction of sp³-hybridized carbons (Fsp3) is 0.625. The highest BCUT2D eigenvalue weighted by molar-refractivity contribution is 5.49. The first-order chi connectivity index (χ1) is 9.10. The third-order valence-electron chi connectivity index (χ3n) is 4.22. The molecule has 1 fully saturated rings. The lowest BCUT2D eigenvalue weighted by Gasteiger charge is -2.37. The van der Waals surface area contributed by atoms with Crippen LogP contribution in [0.5, 0.6) is 0 Å². The van der Waals surface area contributed by atoms with Gasteiger partial charge in [-0.25, -0.2) is 4.39 Å². The van der Waals surface area contributed by atoms with Crippen molar-refractivity contribution >= 4 is 5.69 Å². The highest BCUT2D eigenvalue weighted by Crippen LogP contribution is 2.28. The van der Waals surface area contributed by atoms with E-state index in [0.717, 1.165) is 43.3 Å². The van der Waals surface area contributed by atoms with E-state index in [0.29, 0.717) is 5.92 Å². The molecular formula is C16H25FN2. The number of nitrogens with zero attached hydrogens (tertiary/aromatic N) is 1. The maximum Gasteiger partial charge on any atom is 0.125 e. The van der Waals surface area contributed by atoms with Crippen molar-refractivity contribution in [1.29, 1.82) is 0 Å². The van der Waals surface area contributed by atoms with Crippen molar-refractivity contribution in [3.8, 4) is 0 Å². The second-order valence-electron chi connectivity index (χ2n) is 5.79. The van der Waals surface area contributed by atoms with Crippen LogP contribution in [0.2, 0.25) is 0 Å². The molecule has 1 aromatic rings. The molecule has 0 aliphatic carbocycles. The molecule has 1 saturated heterocycles. The van der Waals surface area contributed by atoms with Crippen LogP contribution in [0.3, 0.4) is 0 Å². The molecule has 0 amide bonds. The van der Waals surface area contributed by atoms with E-state index in [-0.39, 0.29) is 5.82 Å².